The van der Waals surface area contributed by atoms with Gasteiger partial charge in [-0.3, -0.25) is 0 Å². The third kappa shape index (κ3) is 1.14. The largest absolute Gasteiger partial charge is 0.241 e. The van der Waals surface area contributed by atoms with E-state index >= 15 is 0 Å². The van der Waals surface area contributed by atoms with Gasteiger partial charge < -0.3 is 0 Å². The monoisotopic (exact) mass is 178 g/mol. The highest BCUT2D eigenvalue weighted by atomic mass is 35.5. The van der Waals surface area contributed by atoms with Gasteiger partial charge in [0.1, 0.15) is 5.82 Å². The number of aryl methyl sites for hydroxylation is 1. The van der Waals surface area contributed by atoms with Crippen LogP contribution in [-0.2, 0) is 0 Å². The third-order valence-electron chi connectivity index (χ3n) is 1.68. The summed E-state index contributed by atoms with van der Waals surface area (Å²) in [6.07, 6.45) is 1.78. The van der Waals surface area contributed by atoms with E-state index in [2.05, 4.69) is 9.97 Å². The van der Waals surface area contributed by atoms with E-state index in [1.165, 1.54) is 0 Å². The molecule has 1 aromatic carbocycles. The summed E-state index contributed by atoms with van der Waals surface area (Å²) in [5.74, 6) is 0.746. The molecular formula is C9H7ClN2. The zero-order valence-electron chi connectivity index (χ0n) is 6.58. The molecule has 2 aromatic rings. The molecule has 0 atom stereocenters. The Morgan fingerprint density at radius 3 is 3.00 bits per heavy atom. The predicted molar refractivity (Wildman–Crippen MR) is 49.3 cm³/mol. The summed E-state index contributed by atoms with van der Waals surface area (Å²) < 4.78 is 0. The van der Waals surface area contributed by atoms with Gasteiger partial charge in [-0.2, -0.15) is 0 Å². The maximum absolute atomic E-state index is 5.94. The lowest BCUT2D eigenvalue weighted by Gasteiger charge is -1.98. The van der Waals surface area contributed by atoms with E-state index in [0.29, 0.717) is 5.02 Å². The van der Waals surface area contributed by atoms with Gasteiger partial charge in [0.15, 0.2) is 0 Å². The second-order valence-electron chi connectivity index (χ2n) is 2.59. The van der Waals surface area contributed by atoms with Crippen LogP contribution in [0.3, 0.4) is 0 Å². The first-order valence-electron chi connectivity index (χ1n) is 3.65. The number of hydrogen-bond acceptors (Lipinski definition) is 2. The fourth-order valence-electron chi connectivity index (χ4n) is 1.11. The first kappa shape index (κ1) is 7.50. The molecule has 0 unspecified atom stereocenters. The van der Waals surface area contributed by atoms with Crippen molar-refractivity contribution in [3.63, 3.8) is 0 Å². The van der Waals surface area contributed by atoms with Gasteiger partial charge in [-0.25, -0.2) is 9.97 Å². The molecule has 60 valence electrons. The van der Waals surface area contributed by atoms with Crippen molar-refractivity contribution >= 4 is 22.5 Å². The third-order valence-corrected chi connectivity index (χ3v) is 1.99. The summed E-state index contributed by atoms with van der Waals surface area (Å²) in [4.78, 5) is 8.31. The van der Waals surface area contributed by atoms with E-state index in [1.54, 1.807) is 6.20 Å². The molecule has 0 N–H and O–H groups in total. The van der Waals surface area contributed by atoms with Crippen molar-refractivity contribution in [1.82, 2.24) is 9.97 Å². The topological polar surface area (TPSA) is 25.8 Å². The standard InChI is InChI=1S/C9H7ClN2/c1-6-11-5-7-3-2-4-8(10)9(7)12-6/h2-5H,1H3. The summed E-state index contributed by atoms with van der Waals surface area (Å²) in [6.45, 7) is 1.85. The van der Waals surface area contributed by atoms with Gasteiger partial charge >= 0.3 is 0 Å². The highest BCUT2D eigenvalue weighted by Crippen LogP contribution is 2.19. The molecule has 2 rings (SSSR count). The molecule has 0 saturated heterocycles. The number of para-hydroxylation sites is 1. The summed E-state index contributed by atoms with van der Waals surface area (Å²) >= 11 is 5.94. The number of hydrogen-bond donors (Lipinski definition) is 0. The van der Waals surface area contributed by atoms with Crippen LogP contribution >= 0.6 is 11.6 Å². The molecule has 0 aliphatic carbocycles. The van der Waals surface area contributed by atoms with Crippen molar-refractivity contribution in [1.29, 1.82) is 0 Å². The molecule has 2 nitrogen and oxygen atoms in total. The average Bonchev–Trinajstić information content (AvgIpc) is 2.07. The van der Waals surface area contributed by atoms with Crippen LogP contribution in [0.15, 0.2) is 24.4 Å². The first-order valence-corrected chi connectivity index (χ1v) is 4.03. The van der Waals surface area contributed by atoms with Gasteiger partial charge in [-0.1, -0.05) is 23.7 Å². The van der Waals surface area contributed by atoms with Gasteiger partial charge in [0.05, 0.1) is 10.5 Å². The van der Waals surface area contributed by atoms with E-state index in [4.69, 9.17) is 11.6 Å². The van der Waals surface area contributed by atoms with Crippen LogP contribution in [0.4, 0.5) is 0 Å². The molecule has 0 fully saturated rings. The van der Waals surface area contributed by atoms with Crippen molar-refractivity contribution in [2.75, 3.05) is 0 Å². The van der Waals surface area contributed by atoms with E-state index in [-0.39, 0.29) is 0 Å². The van der Waals surface area contributed by atoms with Gasteiger partial charge in [0, 0.05) is 11.6 Å². The minimum Gasteiger partial charge on any atom is -0.241 e. The number of fused-ring (bicyclic) bond motifs is 1. The van der Waals surface area contributed by atoms with E-state index < -0.39 is 0 Å². The molecule has 0 spiro atoms. The Balaban J connectivity index is 2.88. The lowest BCUT2D eigenvalue weighted by atomic mass is 10.2. The highest BCUT2D eigenvalue weighted by molar-refractivity contribution is 6.34. The zero-order chi connectivity index (χ0) is 8.55. The second-order valence-corrected chi connectivity index (χ2v) is 3.00. The SMILES string of the molecule is Cc1ncc2cccc(Cl)c2n1. The molecule has 0 radical (unpaired) electrons. The summed E-state index contributed by atoms with van der Waals surface area (Å²) in [5, 5.41) is 1.66. The van der Waals surface area contributed by atoms with E-state index in [9.17, 15) is 0 Å². The Hall–Kier alpha value is -1.15. The van der Waals surface area contributed by atoms with Crippen LogP contribution in [-0.4, -0.2) is 9.97 Å². The van der Waals surface area contributed by atoms with Gasteiger partial charge in [-0.05, 0) is 13.0 Å². The number of halogens is 1. The van der Waals surface area contributed by atoms with Crippen molar-refractivity contribution < 1.29 is 0 Å². The van der Waals surface area contributed by atoms with Crippen LogP contribution in [0.1, 0.15) is 5.82 Å². The Kier molecular flexibility index (Phi) is 1.70. The van der Waals surface area contributed by atoms with Gasteiger partial charge in [0.25, 0.3) is 0 Å². The highest BCUT2D eigenvalue weighted by Gasteiger charge is 1.99. The maximum atomic E-state index is 5.94. The molecule has 0 aliphatic rings. The molecule has 0 bridgehead atoms. The minimum absolute atomic E-state index is 0.679. The Morgan fingerprint density at radius 1 is 1.33 bits per heavy atom. The normalized spacial score (nSPS) is 10.5. The fraction of sp³-hybridized carbons (Fsp3) is 0.111. The number of aromatic nitrogens is 2. The summed E-state index contributed by atoms with van der Waals surface area (Å²) in [6, 6.07) is 5.67. The Labute approximate surface area is 75.2 Å². The van der Waals surface area contributed by atoms with E-state index in [0.717, 1.165) is 16.7 Å². The number of benzene rings is 1. The molecule has 3 heteroatoms. The number of nitrogens with zero attached hydrogens (tertiary/aromatic N) is 2. The number of rotatable bonds is 0. The van der Waals surface area contributed by atoms with E-state index in [1.807, 2.05) is 25.1 Å². The Bertz CT molecular complexity index is 426. The molecule has 0 aliphatic heterocycles. The van der Waals surface area contributed by atoms with Gasteiger partial charge in [0.2, 0.25) is 0 Å². The van der Waals surface area contributed by atoms with Crippen molar-refractivity contribution in [2.24, 2.45) is 0 Å². The lowest BCUT2D eigenvalue weighted by Crippen LogP contribution is -1.87. The molecule has 0 saturated carbocycles. The lowest BCUT2D eigenvalue weighted by molar-refractivity contribution is 1.09. The molecule has 1 heterocycles. The molecule has 1 aromatic heterocycles. The van der Waals surface area contributed by atoms with Crippen LogP contribution in [0.25, 0.3) is 10.9 Å². The fourth-order valence-corrected chi connectivity index (χ4v) is 1.33. The van der Waals surface area contributed by atoms with Crippen molar-refractivity contribution in [2.45, 2.75) is 6.92 Å². The Morgan fingerprint density at radius 2 is 2.17 bits per heavy atom. The van der Waals surface area contributed by atoms with Crippen molar-refractivity contribution in [3.8, 4) is 0 Å². The smallest absolute Gasteiger partial charge is 0.125 e. The summed E-state index contributed by atoms with van der Waals surface area (Å²) in [5.41, 5.74) is 0.826. The predicted octanol–water partition coefficient (Wildman–Crippen LogP) is 2.59. The van der Waals surface area contributed by atoms with Crippen LogP contribution in [0.5, 0.6) is 0 Å². The van der Waals surface area contributed by atoms with Crippen molar-refractivity contribution in [3.05, 3.63) is 35.2 Å². The second kappa shape index (κ2) is 2.72. The molecular weight excluding hydrogens is 172 g/mol. The van der Waals surface area contributed by atoms with Gasteiger partial charge in [-0.15, -0.1) is 0 Å². The zero-order valence-corrected chi connectivity index (χ0v) is 7.34. The minimum atomic E-state index is 0.679. The molecule has 0 amide bonds. The molecule has 12 heavy (non-hydrogen) atoms. The van der Waals surface area contributed by atoms with Crippen LogP contribution < -0.4 is 0 Å². The quantitative estimate of drug-likeness (QED) is 0.620. The first-order chi connectivity index (χ1) is 5.77. The van der Waals surface area contributed by atoms with Crippen LogP contribution in [0.2, 0.25) is 5.02 Å². The maximum Gasteiger partial charge on any atom is 0.125 e. The van der Waals surface area contributed by atoms with Crippen LogP contribution in [0, 0.1) is 6.92 Å². The summed E-state index contributed by atoms with van der Waals surface area (Å²) in [7, 11) is 0. The average molecular weight is 179 g/mol.